The van der Waals surface area contributed by atoms with Crippen LogP contribution in [0.5, 0.6) is 0 Å². The summed E-state index contributed by atoms with van der Waals surface area (Å²) in [5.41, 5.74) is 1.50. The Labute approximate surface area is 169 Å². The zero-order chi connectivity index (χ0) is 20.2. The Balaban J connectivity index is 1.50. The average Bonchev–Trinajstić information content (AvgIpc) is 3.30. The number of ether oxygens (including phenoxy) is 1. The van der Waals surface area contributed by atoms with Crippen molar-refractivity contribution in [3.63, 3.8) is 0 Å². The van der Waals surface area contributed by atoms with Gasteiger partial charge in [0.2, 0.25) is 6.10 Å². The number of aromatic nitrogens is 2. The zero-order valence-electron chi connectivity index (χ0n) is 15.1. The average molecular weight is 409 g/mol. The molecule has 0 aliphatic carbocycles. The van der Waals surface area contributed by atoms with Crippen molar-refractivity contribution in [1.29, 1.82) is 0 Å². The van der Waals surface area contributed by atoms with E-state index in [-0.39, 0.29) is 6.42 Å². The lowest BCUT2D eigenvalue weighted by atomic mass is 10.1. The van der Waals surface area contributed by atoms with E-state index in [0.717, 1.165) is 4.96 Å². The Morgan fingerprint density at radius 1 is 1.14 bits per heavy atom. The van der Waals surface area contributed by atoms with Gasteiger partial charge in [-0.05, 0) is 24.3 Å². The lowest BCUT2D eigenvalue weighted by Crippen LogP contribution is -2.26. The predicted octanol–water partition coefficient (Wildman–Crippen LogP) is 4.00. The van der Waals surface area contributed by atoms with E-state index in [4.69, 9.17) is 4.74 Å². The molecule has 0 aliphatic heterocycles. The maximum atomic E-state index is 13.1. The number of esters is 1. The molecule has 2 aromatic heterocycles. The highest BCUT2D eigenvalue weighted by Crippen LogP contribution is 2.21. The van der Waals surface area contributed by atoms with Gasteiger partial charge in [-0.3, -0.25) is 14.0 Å². The molecule has 4 aromatic rings. The van der Waals surface area contributed by atoms with E-state index in [2.05, 4.69) is 10.3 Å². The fourth-order valence-electron chi connectivity index (χ4n) is 2.82. The van der Waals surface area contributed by atoms with Crippen LogP contribution < -0.4 is 5.32 Å². The van der Waals surface area contributed by atoms with Gasteiger partial charge in [0.1, 0.15) is 5.82 Å². The van der Waals surface area contributed by atoms with Crippen molar-refractivity contribution in [3.05, 3.63) is 89.4 Å². The van der Waals surface area contributed by atoms with Crippen molar-refractivity contribution >= 4 is 33.9 Å². The number of hydrogen-bond donors (Lipinski definition) is 1. The number of amides is 1. The number of hydrogen-bond acceptors (Lipinski definition) is 5. The Kier molecular flexibility index (Phi) is 5.35. The number of thiazole rings is 1. The summed E-state index contributed by atoms with van der Waals surface area (Å²) in [6.45, 7) is 0. The van der Waals surface area contributed by atoms with Crippen molar-refractivity contribution in [2.75, 3.05) is 5.32 Å². The zero-order valence-corrected chi connectivity index (χ0v) is 15.9. The number of rotatable bonds is 6. The van der Waals surface area contributed by atoms with Crippen LogP contribution in [0, 0.1) is 5.82 Å². The smallest absolute Gasteiger partial charge is 0.313 e. The van der Waals surface area contributed by atoms with Crippen LogP contribution in [0.25, 0.3) is 4.96 Å². The van der Waals surface area contributed by atoms with Crippen LogP contribution in [0.2, 0.25) is 0 Å². The monoisotopic (exact) mass is 409 g/mol. The Morgan fingerprint density at radius 2 is 1.90 bits per heavy atom. The van der Waals surface area contributed by atoms with E-state index >= 15 is 0 Å². The summed E-state index contributed by atoms with van der Waals surface area (Å²) < 4.78 is 20.4. The molecule has 1 atom stereocenters. The minimum atomic E-state index is -1.14. The summed E-state index contributed by atoms with van der Waals surface area (Å²) in [7, 11) is 0. The van der Waals surface area contributed by atoms with Crippen LogP contribution >= 0.6 is 11.3 Å². The van der Waals surface area contributed by atoms with Crippen molar-refractivity contribution < 1.29 is 18.7 Å². The molecule has 6 nitrogen and oxygen atoms in total. The summed E-state index contributed by atoms with van der Waals surface area (Å²) in [6, 6.07) is 14.1. The maximum Gasteiger partial charge on any atom is 0.313 e. The van der Waals surface area contributed by atoms with Crippen LogP contribution in [0.3, 0.4) is 0 Å². The molecule has 2 heterocycles. The van der Waals surface area contributed by atoms with Gasteiger partial charge < -0.3 is 10.1 Å². The molecular weight excluding hydrogens is 393 g/mol. The predicted molar refractivity (Wildman–Crippen MR) is 107 cm³/mol. The molecule has 4 rings (SSSR count). The first kappa shape index (κ1) is 18.8. The highest BCUT2D eigenvalue weighted by Gasteiger charge is 2.25. The van der Waals surface area contributed by atoms with Crippen LogP contribution in [-0.4, -0.2) is 21.3 Å². The molecule has 146 valence electrons. The van der Waals surface area contributed by atoms with Crippen molar-refractivity contribution in [2.24, 2.45) is 0 Å². The number of anilines is 1. The minimum Gasteiger partial charge on any atom is -0.447 e. The third-order valence-corrected chi connectivity index (χ3v) is 4.94. The molecule has 0 unspecified atom stereocenters. The topological polar surface area (TPSA) is 72.7 Å². The number of nitrogens with zero attached hydrogens (tertiary/aromatic N) is 2. The molecule has 0 spiro atoms. The first-order valence-corrected chi connectivity index (χ1v) is 9.68. The molecular formula is C21H16FN3O3S. The Bertz CT molecular complexity index is 1110. The molecule has 0 radical (unpaired) electrons. The third kappa shape index (κ3) is 4.49. The van der Waals surface area contributed by atoms with Crippen molar-refractivity contribution in [3.8, 4) is 0 Å². The number of carbonyl (C=O) groups is 2. The summed E-state index contributed by atoms with van der Waals surface area (Å²) >= 11 is 1.46. The molecule has 0 saturated heterocycles. The molecule has 0 saturated carbocycles. The SMILES string of the molecule is O=C(Cc1cn2ccsc2n1)O[C@H](C(=O)Nc1ccc(F)cc1)c1ccccc1. The van der Waals surface area contributed by atoms with Gasteiger partial charge >= 0.3 is 5.97 Å². The summed E-state index contributed by atoms with van der Waals surface area (Å²) in [6.07, 6.45) is 2.41. The quantitative estimate of drug-likeness (QED) is 0.489. The van der Waals surface area contributed by atoms with E-state index in [1.54, 1.807) is 36.5 Å². The van der Waals surface area contributed by atoms with E-state index in [1.165, 1.54) is 35.6 Å². The summed E-state index contributed by atoms with van der Waals surface area (Å²) in [4.78, 5) is 30.4. The maximum absolute atomic E-state index is 13.1. The van der Waals surface area contributed by atoms with Gasteiger partial charge in [-0.1, -0.05) is 30.3 Å². The van der Waals surface area contributed by atoms with Crippen LogP contribution in [-0.2, 0) is 20.7 Å². The molecule has 1 N–H and O–H groups in total. The van der Waals surface area contributed by atoms with E-state index < -0.39 is 23.8 Å². The number of nitrogens with one attached hydrogen (secondary N) is 1. The highest BCUT2D eigenvalue weighted by molar-refractivity contribution is 7.15. The standard InChI is InChI=1S/C21H16FN3O3S/c22-15-6-8-16(9-7-15)23-20(27)19(14-4-2-1-3-5-14)28-18(26)12-17-13-25-10-11-29-21(25)24-17/h1-11,13,19H,12H2,(H,23,27)/t19-/m0/s1. The molecule has 0 bridgehead atoms. The number of benzene rings is 2. The van der Waals surface area contributed by atoms with Gasteiger partial charge in [-0.25, -0.2) is 9.37 Å². The molecule has 1 amide bonds. The number of halogens is 1. The fraction of sp³-hybridized carbons (Fsp3) is 0.0952. The molecule has 29 heavy (non-hydrogen) atoms. The Morgan fingerprint density at radius 3 is 2.62 bits per heavy atom. The van der Waals surface area contributed by atoms with Gasteiger partial charge in [0.15, 0.2) is 4.96 Å². The highest BCUT2D eigenvalue weighted by atomic mass is 32.1. The van der Waals surface area contributed by atoms with E-state index in [9.17, 15) is 14.0 Å². The van der Waals surface area contributed by atoms with Crippen molar-refractivity contribution in [2.45, 2.75) is 12.5 Å². The molecule has 0 fully saturated rings. The lowest BCUT2D eigenvalue weighted by Gasteiger charge is -2.18. The second-order valence-corrected chi connectivity index (χ2v) is 7.15. The van der Waals surface area contributed by atoms with Gasteiger partial charge in [0, 0.05) is 29.0 Å². The first-order valence-electron chi connectivity index (χ1n) is 8.80. The van der Waals surface area contributed by atoms with E-state index in [0.29, 0.717) is 16.9 Å². The summed E-state index contributed by atoms with van der Waals surface area (Å²) in [5.74, 6) is -1.50. The van der Waals surface area contributed by atoms with Gasteiger partial charge in [0.25, 0.3) is 5.91 Å². The number of carbonyl (C=O) groups excluding carboxylic acids is 2. The first-order chi connectivity index (χ1) is 14.1. The second-order valence-electron chi connectivity index (χ2n) is 6.28. The largest absolute Gasteiger partial charge is 0.447 e. The molecule has 2 aromatic carbocycles. The fourth-order valence-corrected chi connectivity index (χ4v) is 3.54. The van der Waals surface area contributed by atoms with Gasteiger partial charge in [-0.2, -0.15) is 0 Å². The number of imidazole rings is 1. The number of fused-ring (bicyclic) bond motifs is 1. The normalized spacial score (nSPS) is 11.9. The van der Waals surface area contributed by atoms with Crippen LogP contribution in [0.15, 0.2) is 72.4 Å². The van der Waals surface area contributed by atoms with Crippen LogP contribution in [0.1, 0.15) is 17.4 Å². The lowest BCUT2D eigenvalue weighted by molar-refractivity contribution is -0.154. The van der Waals surface area contributed by atoms with Crippen molar-refractivity contribution in [1.82, 2.24) is 9.38 Å². The Hall–Kier alpha value is -3.52. The van der Waals surface area contributed by atoms with E-state index in [1.807, 2.05) is 16.0 Å². The third-order valence-electron chi connectivity index (χ3n) is 4.17. The second kappa shape index (κ2) is 8.24. The minimum absolute atomic E-state index is 0.0540. The molecule has 0 aliphatic rings. The van der Waals surface area contributed by atoms with Crippen LogP contribution in [0.4, 0.5) is 10.1 Å². The van der Waals surface area contributed by atoms with Gasteiger partial charge in [-0.15, -0.1) is 11.3 Å². The van der Waals surface area contributed by atoms with Gasteiger partial charge in [0.05, 0.1) is 12.1 Å². The summed E-state index contributed by atoms with van der Waals surface area (Å²) in [5, 5.41) is 4.55. The molecule has 8 heteroatoms.